The highest BCUT2D eigenvalue weighted by molar-refractivity contribution is 5.84. The van der Waals surface area contributed by atoms with Gasteiger partial charge in [0.05, 0.1) is 0 Å². The van der Waals surface area contributed by atoms with Crippen molar-refractivity contribution in [2.45, 2.75) is 53.6 Å². The van der Waals surface area contributed by atoms with Crippen molar-refractivity contribution in [3.63, 3.8) is 0 Å². The average molecular weight is 270 g/mol. The van der Waals surface area contributed by atoms with Crippen LogP contribution in [0, 0.1) is 5.41 Å². The van der Waals surface area contributed by atoms with Gasteiger partial charge >= 0.3 is 0 Å². The van der Waals surface area contributed by atoms with Gasteiger partial charge in [-0.15, -0.1) is 0 Å². The van der Waals surface area contributed by atoms with Crippen LogP contribution < -0.4 is 4.74 Å². The lowest BCUT2D eigenvalue weighted by atomic mass is 9.87. The molecule has 0 fully saturated rings. The molecule has 0 bridgehead atoms. The van der Waals surface area contributed by atoms with E-state index in [-0.39, 0.29) is 5.60 Å². The second-order valence-electron chi connectivity index (χ2n) is 7.80. The summed E-state index contributed by atoms with van der Waals surface area (Å²) in [6.07, 6.45) is 1.10. The molecule has 2 aromatic rings. The molecule has 2 rings (SSSR count). The summed E-state index contributed by atoms with van der Waals surface area (Å²) in [7, 11) is 0. The summed E-state index contributed by atoms with van der Waals surface area (Å²) in [5.74, 6) is 0.938. The summed E-state index contributed by atoms with van der Waals surface area (Å²) in [4.78, 5) is 0. The van der Waals surface area contributed by atoms with Crippen LogP contribution in [0.25, 0.3) is 10.8 Å². The van der Waals surface area contributed by atoms with E-state index < -0.39 is 0 Å². The first-order valence-electron chi connectivity index (χ1n) is 7.34. The van der Waals surface area contributed by atoms with Crippen LogP contribution in [0.4, 0.5) is 0 Å². The normalized spacial score (nSPS) is 12.7. The molecule has 20 heavy (non-hydrogen) atoms. The lowest BCUT2D eigenvalue weighted by Crippen LogP contribution is -2.22. The highest BCUT2D eigenvalue weighted by atomic mass is 16.5. The molecule has 0 saturated heterocycles. The molecule has 0 N–H and O–H groups in total. The Labute approximate surface area is 123 Å². The van der Waals surface area contributed by atoms with Crippen LogP contribution in [0.15, 0.2) is 36.4 Å². The minimum absolute atomic E-state index is 0.153. The van der Waals surface area contributed by atoms with Crippen LogP contribution in [0.5, 0.6) is 5.75 Å². The maximum Gasteiger partial charge on any atom is 0.120 e. The van der Waals surface area contributed by atoms with Gasteiger partial charge in [-0.1, -0.05) is 45.0 Å². The van der Waals surface area contributed by atoms with Crippen LogP contribution in [-0.4, -0.2) is 5.60 Å². The zero-order valence-electron chi connectivity index (χ0n) is 13.6. The van der Waals surface area contributed by atoms with Gasteiger partial charge < -0.3 is 4.74 Å². The number of fused-ring (bicyclic) bond motifs is 1. The maximum absolute atomic E-state index is 5.92. The van der Waals surface area contributed by atoms with Crippen molar-refractivity contribution in [2.24, 2.45) is 5.41 Å². The number of rotatable bonds is 2. The van der Waals surface area contributed by atoms with E-state index in [1.54, 1.807) is 0 Å². The average Bonchev–Trinajstić information content (AvgIpc) is 2.25. The zero-order valence-corrected chi connectivity index (χ0v) is 13.6. The van der Waals surface area contributed by atoms with Crippen molar-refractivity contribution < 1.29 is 4.74 Å². The quantitative estimate of drug-likeness (QED) is 0.689. The van der Waals surface area contributed by atoms with Crippen LogP contribution in [0.1, 0.15) is 47.1 Å². The van der Waals surface area contributed by atoms with Gasteiger partial charge in [-0.05, 0) is 61.1 Å². The van der Waals surface area contributed by atoms with Crippen molar-refractivity contribution in [3.05, 3.63) is 42.0 Å². The molecule has 0 atom stereocenters. The molecule has 1 nitrogen and oxygen atoms in total. The molecule has 1 heteroatoms. The third kappa shape index (κ3) is 4.26. The van der Waals surface area contributed by atoms with E-state index >= 15 is 0 Å². The van der Waals surface area contributed by atoms with Crippen LogP contribution >= 0.6 is 0 Å². The van der Waals surface area contributed by atoms with E-state index in [1.165, 1.54) is 16.3 Å². The summed E-state index contributed by atoms with van der Waals surface area (Å²) in [6, 6.07) is 13.1. The molecule has 0 saturated carbocycles. The highest BCUT2D eigenvalue weighted by Crippen LogP contribution is 2.27. The smallest absolute Gasteiger partial charge is 0.120 e. The fourth-order valence-corrected chi connectivity index (χ4v) is 2.41. The molecule has 0 heterocycles. The summed E-state index contributed by atoms with van der Waals surface area (Å²) in [5.41, 5.74) is 1.57. The minimum atomic E-state index is -0.153. The van der Waals surface area contributed by atoms with Crippen LogP contribution in [0.2, 0.25) is 0 Å². The van der Waals surface area contributed by atoms with Gasteiger partial charge in [0.1, 0.15) is 11.4 Å². The Morgan fingerprint density at radius 1 is 0.800 bits per heavy atom. The van der Waals surface area contributed by atoms with Gasteiger partial charge in [0.15, 0.2) is 0 Å². The molecule has 0 spiro atoms. The molecule has 108 valence electrons. The Morgan fingerprint density at radius 2 is 1.40 bits per heavy atom. The van der Waals surface area contributed by atoms with Gasteiger partial charge in [-0.3, -0.25) is 0 Å². The van der Waals surface area contributed by atoms with Crippen LogP contribution in [0.3, 0.4) is 0 Å². The van der Waals surface area contributed by atoms with E-state index in [0.717, 1.165) is 12.2 Å². The van der Waals surface area contributed by atoms with E-state index in [9.17, 15) is 0 Å². The fourth-order valence-electron chi connectivity index (χ4n) is 2.41. The Morgan fingerprint density at radius 3 is 2.00 bits per heavy atom. The standard InChI is InChI=1S/C19H26O/c1-18(2,3)13-14-7-8-16-12-17(20-19(4,5)6)10-9-15(16)11-14/h7-12H,13H2,1-6H3. The van der Waals surface area contributed by atoms with Crippen molar-refractivity contribution in [1.29, 1.82) is 0 Å². The van der Waals surface area contributed by atoms with Crippen molar-refractivity contribution in [2.75, 3.05) is 0 Å². The fraction of sp³-hybridized carbons (Fsp3) is 0.474. The summed E-state index contributed by atoms with van der Waals surface area (Å²) in [6.45, 7) is 13.0. The molecule has 0 aliphatic rings. The van der Waals surface area contributed by atoms with E-state index in [1.807, 2.05) is 0 Å². The molecule has 0 aliphatic carbocycles. The summed E-state index contributed by atoms with van der Waals surface area (Å²) < 4.78 is 5.92. The first-order chi connectivity index (χ1) is 9.12. The Hall–Kier alpha value is -1.50. The predicted molar refractivity (Wildman–Crippen MR) is 87.5 cm³/mol. The number of hydrogen-bond acceptors (Lipinski definition) is 1. The second kappa shape index (κ2) is 5.12. The number of hydrogen-bond donors (Lipinski definition) is 0. The molecule has 0 aliphatic heterocycles. The van der Waals surface area contributed by atoms with Gasteiger partial charge in [0, 0.05) is 0 Å². The number of benzene rings is 2. The summed E-state index contributed by atoms with van der Waals surface area (Å²) >= 11 is 0. The molecule has 2 aromatic carbocycles. The maximum atomic E-state index is 5.92. The minimum Gasteiger partial charge on any atom is -0.488 e. The van der Waals surface area contributed by atoms with Crippen molar-refractivity contribution in [1.82, 2.24) is 0 Å². The lowest BCUT2D eigenvalue weighted by Gasteiger charge is -2.22. The third-order valence-corrected chi connectivity index (χ3v) is 3.03. The molecule has 0 unspecified atom stereocenters. The Balaban J connectivity index is 2.30. The first-order valence-corrected chi connectivity index (χ1v) is 7.34. The van der Waals surface area contributed by atoms with Gasteiger partial charge in [0.2, 0.25) is 0 Å². The second-order valence-corrected chi connectivity index (χ2v) is 7.80. The molecule has 0 aromatic heterocycles. The highest BCUT2D eigenvalue weighted by Gasteiger charge is 2.13. The van der Waals surface area contributed by atoms with E-state index in [0.29, 0.717) is 5.41 Å². The van der Waals surface area contributed by atoms with Crippen molar-refractivity contribution >= 4 is 10.8 Å². The molecule has 0 radical (unpaired) electrons. The van der Waals surface area contributed by atoms with Gasteiger partial charge in [0.25, 0.3) is 0 Å². The zero-order chi connectivity index (χ0) is 15.0. The van der Waals surface area contributed by atoms with E-state index in [4.69, 9.17) is 4.74 Å². The summed E-state index contributed by atoms with van der Waals surface area (Å²) in [5, 5.41) is 2.53. The Bertz CT molecular complexity index is 542. The number of ether oxygens (including phenoxy) is 1. The monoisotopic (exact) mass is 270 g/mol. The SMILES string of the molecule is CC(C)(C)Cc1ccc2cc(OC(C)(C)C)ccc2c1. The lowest BCUT2D eigenvalue weighted by molar-refractivity contribution is 0.131. The van der Waals surface area contributed by atoms with E-state index in [2.05, 4.69) is 77.9 Å². The third-order valence-electron chi connectivity index (χ3n) is 3.03. The van der Waals surface area contributed by atoms with Crippen LogP contribution in [-0.2, 0) is 6.42 Å². The van der Waals surface area contributed by atoms with Gasteiger partial charge in [-0.2, -0.15) is 0 Å². The topological polar surface area (TPSA) is 9.23 Å². The molecular weight excluding hydrogens is 244 g/mol. The van der Waals surface area contributed by atoms with Crippen molar-refractivity contribution in [3.8, 4) is 5.75 Å². The first kappa shape index (κ1) is 14.9. The van der Waals surface area contributed by atoms with Gasteiger partial charge in [-0.25, -0.2) is 0 Å². The largest absolute Gasteiger partial charge is 0.488 e. The predicted octanol–water partition coefficient (Wildman–Crippen LogP) is 5.61. The Kier molecular flexibility index (Phi) is 3.82. The molecule has 0 amide bonds. The molecular formula is C19H26O.